The zero-order valence-electron chi connectivity index (χ0n) is 31.9. The number of benzene rings is 3. The number of carbonyl (C=O) groups is 2. The van der Waals surface area contributed by atoms with E-state index in [-0.39, 0.29) is 45.4 Å². The van der Waals surface area contributed by atoms with Gasteiger partial charge in [0.1, 0.15) is 5.69 Å². The molecule has 0 aliphatic carbocycles. The van der Waals surface area contributed by atoms with Gasteiger partial charge < -0.3 is 0 Å². The van der Waals surface area contributed by atoms with Gasteiger partial charge in [-0.05, 0) is 54.1 Å². The number of carbonyl (C=O) groups excluding carboxylic acids is 2. The van der Waals surface area contributed by atoms with Gasteiger partial charge in [-0.1, -0.05) is 178 Å². The maximum atomic E-state index is 14.6. The van der Waals surface area contributed by atoms with Crippen molar-refractivity contribution < 1.29 is 18.0 Å². The third-order valence-electron chi connectivity index (χ3n) is 10.1. The maximum Gasteiger partial charge on any atom is 0.323 e. The van der Waals surface area contributed by atoms with Crippen LogP contribution in [0.2, 0.25) is 15.1 Å². The summed E-state index contributed by atoms with van der Waals surface area (Å²) in [4.78, 5) is 28.5. The van der Waals surface area contributed by atoms with Crippen molar-refractivity contribution in [3.8, 4) is 0 Å². The van der Waals surface area contributed by atoms with Gasteiger partial charge in [-0.25, -0.2) is 9.73 Å². The Hall–Kier alpha value is -2.90. The van der Waals surface area contributed by atoms with Crippen LogP contribution in [0, 0.1) is 0 Å². The Morgan fingerprint density at radius 3 is 1.84 bits per heavy atom. The minimum atomic E-state index is -4.59. The number of fused-ring (bicyclic) bond motifs is 1. The van der Waals surface area contributed by atoms with Gasteiger partial charge in [0, 0.05) is 23.7 Å². The van der Waals surface area contributed by atoms with Crippen LogP contribution in [0.4, 0.5) is 11.4 Å². The zero-order valence-corrected chi connectivity index (χ0v) is 35.8. The molecule has 5 rings (SSSR count). The number of unbranched alkanes of at least 4 members (excludes halogenated alkanes) is 15. The number of rotatable bonds is 22. The second-order valence-electron chi connectivity index (χ2n) is 14.3. The fourth-order valence-corrected chi connectivity index (χ4v) is 9.69. The van der Waals surface area contributed by atoms with Crippen LogP contribution < -0.4 is 14.7 Å². The number of amidine groups is 1. The summed E-state index contributed by atoms with van der Waals surface area (Å²) in [6.07, 6.45) is 19.0. The molecule has 0 spiro atoms. The number of amides is 2. The molecule has 10 nitrogen and oxygen atoms in total. The summed E-state index contributed by atoms with van der Waals surface area (Å²) < 4.78 is 30.8. The summed E-state index contributed by atoms with van der Waals surface area (Å²) in [5.41, 5.74) is 4.22. The Morgan fingerprint density at radius 2 is 1.27 bits per heavy atom. The van der Waals surface area contributed by atoms with Crippen LogP contribution in [0.3, 0.4) is 0 Å². The number of hydrogen-bond donors (Lipinski definition) is 1. The highest BCUT2D eigenvalue weighted by Gasteiger charge is 2.51. The van der Waals surface area contributed by atoms with E-state index in [0.29, 0.717) is 12.0 Å². The fraction of sp³-hybridized carbons (Fsp3) is 0.488. The first-order valence-corrected chi connectivity index (χ1v) is 22.7. The van der Waals surface area contributed by atoms with Crippen LogP contribution in [0.15, 0.2) is 71.8 Å². The van der Waals surface area contributed by atoms with Crippen molar-refractivity contribution in [3.05, 3.63) is 92.9 Å². The SMILES string of the molecule is CCCCCCCCCCCCCCCCCCN(Cl)S(=O)(=O)N(C1=NN(c2c(Cl)cc(Cl)cc2Cl)C(=O)C1N1NCc2ccccc2C1=O)c1ccccc1. The predicted molar refractivity (Wildman–Crippen MR) is 230 cm³/mol. The first-order chi connectivity index (χ1) is 27.1. The highest BCUT2D eigenvalue weighted by molar-refractivity contribution is 7.92. The Morgan fingerprint density at radius 1 is 0.750 bits per heavy atom. The number of nitrogens with one attached hydrogen (secondary N) is 1. The second kappa shape index (κ2) is 21.7. The molecule has 0 aromatic heterocycles. The first kappa shape index (κ1) is 44.2. The van der Waals surface area contributed by atoms with Crippen molar-refractivity contribution in [2.75, 3.05) is 15.9 Å². The molecule has 2 heterocycles. The van der Waals surface area contributed by atoms with Crippen LogP contribution >= 0.6 is 46.6 Å². The van der Waals surface area contributed by atoms with E-state index in [1.807, 2.05) is 6.07 Å². The molecule has 0 radical (unpaired) electrons. The number of hydrogen-bond acceptors (Lipinski definition) is 6. The zero-order chi connectivity index (χ0) is 40.1. The molecular formula is C41H52Cl4N6O4S. The smallest absolute Gasteiger partial charge is 0.269 e. The predicted octanol–water partition coefficient (Wildman–Crippen LogP) is 11.3. The van der Waals surface area contributed by atoms with Crippen molar-refractivity contribution in [2.45, 2.75) is 122 Å². The average molecular weight is 867 g/mol. The minimum absolute atomic E-state index is 0.000499. The number of hydrazine groups is 1. The van der Waals surface area contributed by atoms with Gasteiger partial charge >= 0.3 is 10.2 Å². The molecule has 56 heavy (non-hydrogen) atoms. The highest BCUT2D eigenvalue weighted by Crippen LogP contribution is 2.40. The second-order valence-corrected chi connectivity index (χ2v) is 17.9. The van der Waals surface area contributed by atoms with E-state index < -0.39 is 28.1 Å². The van der Waals surface area contributed by atoms with E-state index in [0.717, 1.165) is 49.4 Å². The van der Waals surface area contributed by atoms with Crippen molar-refractivity contribution in [1.29, 1.82) is 0 Å². The molecule has 1 atom stereocenters. The summed E-state index contributed by atoms with van der Waals surface area (Å²) in [5.74, 6) is -1.63. The van der Waals surface area contributed by atoms with Crippen LogP contribution in [0.5, 0.6) is 0 Å². The monoisotopic (exact) mass is 864 g/mol. The van der Waals surface area contributed by atoms with Crippen LogP contribution in [0.1, 0.15) is 126 Å². The van der Waals surface area contributed by atoms with E-state index in [4.69, 9.17) is 46.6 Å². The lowest BCUT2D eigenvalue weighted by Gasteiger charge is -2.36. The number of anilines is 2. The summed E-state index contributed by atoms with van der Waals surface area (Å²) in [6, 6.07) is 16.4. The standard InChI is InChI=1S/C41H52Cl4N6O4S/c1-2-3-4-5-6-7-8-9-10-11-12-13-14-15-16-22-27-48(45)56(54,55)51(33-24-18-17-19-25-33)39-38(49-40(52)34-26-21-20-23-31(34)30-46-49)41(53)50(47-39)37-35(43)28-32(42)29-36(37)44/h17-21,23-26,28-29,38,46H,2-16,22,27,30H2,1H3. The van der Waals surface area contributed by atoms with Gasteiger partial charge in [0.2, 0.25) is 0 Å². The lowest BCUT2D eigenvalue weighted by Crippen LogP contribution is -2.61. The lowest BCUT2D eigenvalue weighted by atomic mass is 10.0. The van der Waals surface area contributed by atoms with E-state index in [1.54, 1.807) is 48.5 Å². The number of nitrogens with zero attached hydrogens (tertiary/aromatic N) is 5. The third-order valence-corrected chi connectivity index (χ3v) is 13.1. The molecule has 0 fully saturated rings. The number of hydrazone groups is 1. The van der Waals surface area contributed by atoms with Gasteiger partial charge in [-0.3, -0.25) is 14.6 Å². The van der Waals surface area contributed by atoms with Crippen LogP contribution in [-0.4, -0.2) is 47.5 Å². The Bertz CT molecular complexity index is 1900. The molecule has 0 saturated carbocycles. The van der Waals surface area contributed by atoms with E-state index in [2.05, 4.69) is 17.5 Å². The molecule has 15 heteroatoms. The van der Waals surface area contributed by atoms with Gasteiger partial charge in [-0.2, -0.15) is 13.4 Å². The molecule has 2 aliphatic rings. The quantitative estimate of drug-likeness (QED) is 0.0800. The minimum Gasteiger partial charge on any atom is -0.269 e. The van der Waals surface area contributed by atoms with Crippen LogP contribution in [-0.2, 0) is 21.5 Å². The lowest BCUT2D eigenvalue weighted by molar-refractivity contribution is -0.121. The van der Waals surface area contributed by atoms with Gasteiger partial charge in [-0.15, -0.1) is 5.10 Å². The maximum absolute atomic E-state index is 14.6. The van der Waals surface area contributed by atoms with Crippen molar-refractivity contribution in [1.82, 2.24) is 14.3 Å². The molecule has 1 unspecified atom stereocenters. The normalized spacial score (nSPS) is 15.8. The molecule has 304 valence electrons. The Labute approximate surface area is 352 Å². The first-order valence-electron chi connectivity index (χ1n) is 19.8. The number of para-hydroxylation sites is 1. The average Bonchev–Trinajstić information content (AvgIpc) is 3.49. The van der Waals surface area contributed by atoms with Gasteiger partial charge in [0.05, 0.1) is 15.7 Å². The molecule has 3 aromatic rings. The summed E-state index contributed by atoms with van der Waals surface area (Å²) >= 11 is 26.0. The fourth-order valence-electron chi connectivity index (χ4n) is 7.11. The molecule has 0 bridgehead atoms. The summed E-state index contributed by atoms with van der Waals surface area (Å²) in [5, 5.41) is 6.79. The molecule has 2 amide bonds. The molecule has 3 aromatic carbocycles. The molecule has 0 saturated heterocycles. The van der Waals surface area contributed by atoms with E-state index in [1.165, 1.54) is 82.8 Å². The summed E-state index contributed by atoms with van der Waals surface area (Å²) in [7, 11) is -4.59. The van der Waals surface area contributed by atoms with Gasteiger partial charge in [0.25, 0.3) is 11.8 Å². The van der Waals surface area contributed by atoms with Crippen molar-refractivity contribution >= 4 is 85.8 Å². The topological polar surface area (TPSA) is 106 Å². The van der Waals surface area contributed by atoms with E-state index in [9.17, 15) is 18.0 Å². The van der Waals surface area contributed by atoms with Crippen LogP contribution in [0.25, 0.3) is 0 Å². The number of halogens is 4. The largest absolute Gasteiger partial charge is 0.323 e. The summed E-state index contributed by atoms with van der Waals surface area (Å²) in [6.45, 7) is 2.46. The molecular weight excluding hydrogens is 814 g/mol. The third kappa shape index (κ3) is 11.2. The van der Waals surface area contributed by atoms with Crippen molar-refractivity contribution in [3.63, 3.8) is 0 Å². The highest BCUT2D eigenvalue weighted by atomic mass is 35.5. The van der Waals surface area contributed by atoms with Crippen molar-refractivity contribution in [2.24, 2.45) is 5.10 Å². The molecule has 1 N–H and O–H groups in total. The Kier molecular flexibility index (Phi) is 17.2. The van der Waals surface area contributed by atoms with E-state index >= 15 is 0 Å². The van der Waals surface area contributed by atoms with Gasteiger partial charge in [0.15, 0.2) is 11.9 Å². The Balaban J connectivity index is 1.28. The molecule has 2 aliphatic heterocycles.